The van der Waals surface area contributed by atoms with Crippen molar-refractivity contribution in [1.82, 2.24) is 15.1 Å². The van der Waals surface area contributed by atoms with Gasteiger partial charge in [-0.25, -0.2) is 0 Å². The van der Waals surface area contributed by atoms with Crippen molar-refractivity contribution in [2.45, 2.75) is 57.2 Å². The topological polar surface area (TPSA) is 44.8 Å². The number of nitrogens with zero attached hydrogens (tertiary/aromatic N) is 2. The number of benzene rings is 1. The van der Waals surface area contributed by atoms with Gasteiger partial charge in [0.05, 0.1) is 6.04 Å². The third-order valence-electron chi connectivity index (χ3n) is 6.21. The molecule has 3 aliphatic rings. The first-order valence-electron chi connectivity index (χ1n) is 10.2. The van der Waals surface area contributed by atoms with E-state index in [1.54, 1.807) is 0 Å². The molecule has 2 atom stereocenters. The third-order valence-corrected chi connectivity index (χ3v) is 6.21. The predicted octanol–water partition coefficient (Wildman–Crippen LogP) is 2.19. The molecule has 1 aliphatic carbocycles. The summed E-state index contributed by atoms with van der Waals surface area (Å²) in [4.78, 5) is 17.6. The molecule has 142 valence electrons. The Labute approximate surface area is 156 Å². The molecule has 1 amide bonds. The van der Waals surface area contributed by atoms with Crippen LogP contribution in [0.4, 0.5) is 0 Å². The monoisotopic (exact) mass is 357 g/mol. The number of hydrogen-bond donors (Lipinski definition) is 1. The standard InChI is InChI=1S/C21H31N3O2/c1-16-6-2-3-9-20(16)26-18-14-19(22-15-18)21(25)24-11-5-10-23(12-13-24)17-7-4-8-17/h2-3,6,9,17-19,22H,4-5,7-8,10-15H2,1H3/t18-,19+/m0/s1. The summed E-state index contributed by atoms with van der Waals surface area (Å²) < 4.78 is 6.13. The number of para-hydroxylation sites is 1. The zero-order chi connectivity index (χ0) is 17.9. The number of carbonyl (C=O) groups is 1. The van der Waals surface area contributed by atoms with E-state index in [1.165, 1.54) is 19.3 Å². The van der Waals surface area contributed by atoms with Crippen LogP contribution in [0.1, 0.15) is 37.7 Å². The molecule has 26 heavy (non-hydrogen) atoms. The van der Waals surface area contributed by atoms with Gasteiger partial charge < -0.3 is 15.0 Å². The van der Waals surface area contributed by atoms with Crippen molar-refractivity contribution < 1.29 is 9.53 Å². The number of aryl methyl sites for hydroxylation is 1. The molecule has 0 spiro atoms. The molecule has 2 aliphatic heterocycles. The molecule has 0 unspecified atom stereocenters. The summed E-state index contributed by atoms with van der Waals surface area (Å²) in [5, 5.41) is 3.39. The normalized spacial score (nSPS) is 27.8. The second-order valence-electron chi connectivity index (χ2n) is 8.00. The highest BCUT2D eigenvalue weighted by molar-refractivity contribution is 5.82. The molecule has 4 rings (SSSR count). The van der Waals surface area contributed by atoms with Gasteiger partial charge in [0, 0.05) is 45.2 Å². The lowest BCUT2D eigenvalue weighted by atomic mass is 9.91. The van der Waals surface area contributed by atoms with Crippen LogP contribution >= 0.6 is 0 Å². The first-order valence-corrected chi connectivity index (χ1v) is 10.2. The van der Waals surface area contributed by atoms with Crippen LogP contribution in [0.3, 0.4) is 0 Å². The summed E-state index contributed by atoms with van der Waals surface area (Å²) in [6.45, 7) is 6.75. The van der Waals surface area contributed by atoms with Gasteiger partial charge in [-0.2, -0.15) is 0 Å². The van der Waals surface area contributed by atoms with Crippen molar-refractivity contribution in [3.05, 3.63) is 29.8 Å². The van der Waals surface area contributed by atoms with Crippen LogP contribution in [0, 0.1) is 6.92 Å². The average Bonchev–Trinajstić information content (AvgIpc) is 2.93. The molecular weight excluding hydrogens is 326 g/mol. The van der Waals surface area contributed by atoms with Crippen molar-refractivity contribution in [3.63, 3.8) is 0 Å². The number of carbonyl (C=O) groups excluding carboxylic acids is 1. The summed E-state index contributed by atoms with van der Waals surface area (Å²) in [7, 11) is 0. The first-order chi connectivity index (χ1) is 12.7. The molecule has 3 fully saturated rings. The number of rotatable bonds is 4. The number of nitrogens with one attached hydrogen (secondary N) is 1. The smallest absolute Gasteiger partial charge is 0.239 e. The van der Waals surface area contributed by atoms with Gasteiger partial charge in [0.15, 0.2) is 0 Å². The molecule has 1 saturated carbocycles. The Balaban J connectivity index is 1.29. The van der Waals surface area contributed by atoms with Gasteiger partial charge in [-0.05, 0) is 37.8 Å². The van der Waals surface area contributed by atoms with Crippen LogP contribution in [0.5, 0.6) is 5.75 Å². The zero-order valence-electron chi connectivity index (χ0n) is 15.8. The van der Waals surface area contributed by atoms with Crippen molar-refractivity contribution >= 4 is 5.91 Å². The fraction of sp³-hybridized carbons (Fsp3) is 0.667. The molecule has 2 heterocycles. The van der Waals surface area contributed by atoms with E-state index < -0.39 is 0 Å². The Morgan fingerprint density at radius 3 is 2.73 bits per heavy atom. The van der Waals surface area contributed by atoms with Gasteiger partial charge in [0.1, 0.15) is 11.9 Å². The molecule has 0 bridgehead atoms. The lowest BCUT2D eigenvalue weighted by molar-refractivity contribution is -0.133. The minimum Gasteiger partial charge on any atom is -0.489 e. The van der Waals surface area contributed by atoms with E-state index in [4.69, 9.17) is 4.74 Å². The molecule has 0 aromatic heterocycles. The Morgan fingerprint density at radius 2 is 1.96 bits per heavy atom. The van der Waals surface area contributed by atoms with Gasteiger partial charge >= 0.3 is 0 Å². The number of amides is 1. The Morgan fingerprint density at radius 1 is 1.12 bits per heavy atom. The fourth-order valence-electron chi connectivity index (χ4n) is 4.34. The van der Waals surface area contributed by atoms with Gasteiger partial charge in [0.2, 0.25) is 5.91 Å². The minimum absolute atomic E-state index is 0.0727. The molecule has 1 aromatic rings. The lowest BCUT2D eigenvalue weighted by Gasteiger charge is -2.36. The maximum Gasteiger partial charge on any atom is 0.239 e. The highest BCUT2D eigenvalue weighted by Crippen LogP contribution is 2.26. The third kappa shape index (κ3) is 3.89. The largest absolute Gasteiger partial charge is 0.489 e. The highest BCUT2D eigenvalue weighted by Gasteiger charge is 2.35. The van der Waals surface area contributed by atoms with E-state index in [0.29, 0.717) is 0 Å². The summed E-state index contributed by atoms with van der Waals surface area (Å²) in [6, 6.07) is 8.77. The Hall–Kier alpha value is -1.59. The average molecular weight is 357 g/mol. The Bertz CT molecular complexity index is 631. The first kappa shape index (κ1) is 17.8. The predicted molar refractivity (Wildman–Crippen MR) is 102 cm³/mol. The van der Waals surface area contributed by atoms with Gasteiger partial charge in [-0.15, -0.1) is 0 Å². The van der Waals surface area contributed by atoms with E-state index in [-0.39, 0.29) is 18.1 Å². The molecule has 5 heteroatoms. The van der Waals surface area contributed by atoms with E-state index in [0.717, 1.165) is 62.9 Å². The maximum absolute atomic E-state index is 13.0. The van der Waals surface area contributed by atoms with Crippen molar-refractivity contribution in [1.29, 1.82) is 0 Å². The summed E-state index contributed by atoms with van der Waals surface area (Å²) in [5.41, 5.74) is 1.14. The van der Waals surface area contributed by atoms with Crippen LogP contribution in [-0.4, -0.2) is 66.6 Å². The van der Waals surface area contributed by atoms with Gasteiger partial charge in [-0.1, -0.05) is 24.6 Å². The van der Waals surface area contributed by atoms with Crippen LogP contribution in [-0.2, 0) is 4.79 Å². The van der Waals surface area contributed by atoms with Gasteiger partial charge in [-0.3, -0.25) is 9.69 Å². The van der Waals surface area contributed by atoms with Crippen LogP contribution in [0.2, 0.25) is 0 Å². The quantitative estimate of drug-likeness (QED) is 0.897. The van der Waals surface area contributed by atoms with E-state index in [1.807, 2.05) is 18.2 Å². The van der Waals surface area contributed by atoms with Crippen molar-refractivity contribution in [3.8, 4) is 5.75 Å². The summed E-state index contributed by atoms with van der Waals surface area (Å²) in [5.74, 6) is 1.19. The highest BCUT2D eigenvalue weighted by atomic mass is 16.5. The van der Waals surface area contributed by atoms with E-state index in [2.05, 4.69) is 28.1 Å². The van der Waals surface area contributed by atoms with E-state index >= 15 is 0 Å². The summed E-state index contributed by atoms with van der Waals surface area (Å²) >= 11 is 0. The minimum atomic E-state index is -0.0979. The molecule has 1 N–H and O–H groups in total. The number of ether oxygens (including phenoxy) is 1. The second-order valence-corrected chi connectivity index (χ2v) is 8.00. The Kier molecular flexibility index (Phi) is 5.46. The van der Waals surface area contributed by atoms with Crippen molar-refractivity contribution in [2.24, 2.45) is 0 Å². The maximum atomic E-state index is 13.0. The molecule has 2 saturated heterocycles. The zero-order valence-corrected chi connectivity index (χ0v) is 15.8. The molecule has 1 aromatic carbocycles. The SMILES string of the molecule is Cc1ccccc1O[C@@H]1CN[C@@H](C(=O)N2CCCN(C3CCC3)CC2)C1. The lowest BCUT2D eigenvalue weighted by Crippen LogP contribution is -2.46. The van der Waals surface area contributed by atoms with Crippen LogP contribution < -0.4 is 10.1 Å². The second kappa shape index (κ2) is 7.97. The summed E-state index contributed by atoms with van der Waals surface area (Å²) in [6.07, 6.45) is 5.99. The number of hydrogen-bond acceptors (Lipinski definition) is 4. The fourth-order valence-corrected chi connectivity index (χ4v) is 4.34. The van der Waals surface area contributed by atoms with Crippen LogP contribution in [0.15, 0.2) is 24.3 Å². The molecule has 0 radical (unpaired) electrons. The molecule has 5 nitrogen and oxygen atoms in total. The van der Waals surface area contributed by atoms with Gasteiger partial charge in [0.25, 0.3) is 0 Å². The van der Waals surface area contributed by atoms with E-state index in [9.17, 15) is 4.79 Å². The molecular formula is C21H31N3O2. The van der Waals surface area contributed by atoms with Crippen LogP contribution in [0.25, 0.3) is 0 Å². The van der Waals surface area contributed by atoms with Crippen molar-refractivity contribution in [2.75, 3.05) is 32.7 Å².